The number of thiophene rings is 1. The third-order valence-electron chi connectivity index (χ3n) is 4.80. The van der Waals surface area contributed by atoms with E-state index < -0.39 is 0 Å². The van der Waals surface area contributed by atoms with Gasteiger partial charge in [0.15, 0.2) is 0 Å². The third kappa shape index (κ3) is 4.86. The van der Waals surface area contributed by atoms with Crippen molar-refractivity contribution in [3.63, 3.8) is 0 Å². The molecular weight excluding hydrogens is 344 g/mol. The van der Waals surface area contributed by atoms with E-state index >= 15 is 0 Å². The molecular formula is C21H28N2O2S. The average molecular weight is 373 g/mol. The maximum atomic E-state index is 12.8. The molecule has 5 heteroatoms. The maximum Gasteiger partial charge on any atom is 0.255 e. The van der Waals surface area contributed by atoms with Gasteiger partial charge in [0, 0.05) is 11.4 Å². The predicted octanol–water partition coefficient (Wildman–Crippen LogP) is 4.49. The van der Waals surface area contributed by atoms with Crippen molar-refractivity contribution < 1.29 is 9.53 Å². The summed E-state index contributed by atoms with van der Waals surface area (Å²) in [5.74, 6) is 0.616. The zero-order chi connectivity index (χ0) is 18.2. The molecule has 0 spiro atoms. The van der Waals surface area contributed by atoms with Crippen molar-refractivity contribution in [1.29, 1.82) is 0 Å². The second kappa shape index (κ2) is 9.74. The molecule has 0 saturated carbocycles. The molecule has 1 aromatic heterocycles. The second-order valence-corrected chi connectivity index (χ2v) is 7.66. The number of carbonyl (C=O) groups is 1. The van der Waals surface area contributed by atoms with E-state index in [1.165, 1.54) is 17.7 Å². The number of para-hydroxylation sites is 1. The van der Waals surface area contributed by atoms with E-state index in [0.717, 1.165) is 25.9 Å². The number of ether oxygens (including phenoxy) is 1. The van der Waals surface area contributed by atoms with Crippen LogP contribution in [0.5, 0.6) is 5.75 Å². The molecule has 2 aromatic rings. The first-order chi connectivity index (χ1) is 12.8. The molecule has 0 radical (unpaired) electrons. The Hall–Kier alpha value is -1.85. The summed E-state index contributed by atoms with van der Waals surface area (Å²) < 4.78 is 5.81. The maximum absolute atomic E-state index is 12.8. The Balaban J connectivity index is 1.65. The lowest BCUT2D eigenvalue weighted by molar-refractivity contribution is 0.0934. The summed E-state index contributed by atoms with van der Waals surface area (Å²) in [6.45, 7) is 5.62. The monoisotopic (exact) mass is 372 g/mol. The first-order valence-electron chi connectivity index (χ1n) is 9.57. The average Bonchev–Trinajstić information content (AvgIpc) is 3.37. The second-order valence-electron chi connectivity index (χ2n) is 6.68. The van der Waals surface area contributed by atoms with Crippen molar-refractivity contribution in [2.75, 3.05) is 26.2 Å². The summed E-state index contributed by atoms with van der Waals surface area (Å²) >= 11 is 1.76. The number of rotatable bonds is 9. The van der Waals surface area contributed by atoms with E-state index in [1.807, 2.05) is 24.3 Å². The van der Waals surface area contributed by atoms with Crippen LogP contribution < -0.4 is 10.1 Å². The van der Waals surface area contributed by atoms with Gasteiger partial charge in [0.2, 0.25) is 0 Å². The lowest BCUT2D eigenvalue weighted by Gasteiger charge is -2.27. The van der Waals surface area contributed by atoms with Crippen molar-refractivity contribution in [2.45, 2.75) is 38.6 Å². The van der Waals surface area contributed by atoms with Gasteiger partial charge in [-0.2, -0.15) is 0 Å². The quantitative estimate of drug-likeness (QED) is 0.659. The Kier molecular flexibility index (Phi) is 7.09. The van der Waals surface area contributed by atoms with Gasteiger partial charge in [-0.25, -0.2) is 0 Å². The van der Waals surface area contributed by atoms with Crippen molar-refractivity contribution in [3.05, 3.63) is 52.2 Å². The number of hydrogen-bond donors (Lipinski definition) is 1. The fraction of sp³-hybridized carbons (Fsp3) is 0.476. The van der Waals surface area contributed by atoms with Crippen LogP contribution in [0.25, 0.3) is 0 Å². The van der Waals surface area contributed by atoms with E-state index in [0.29, 0.717) is 24.5 Å². The molecule has 1 atom stereocenters. The van der Waals surface area contributed by atoms with Crippen LogP contribution in [0.4, 0.5) is 0 Å². The Morgan fingerprint density at radius 2 is 2.04 bits per heavy atom. The highest BCUT2D eigenvalue weighted by atomic mass is 32.1. The molecule has 1 aromatic carbocycles. The third-order valence-corrected chi connectivity index (χ3v) is 5.77. The van der Waals surface area contributed by atoms with E-state index in [4.69, 9.17) is 4.74 Å². The van der Waals surface area contributed by atoms with Gasteiger partial charge in [-0.15, -0.1) is 11.3 Å². The molecule has 1 fully saturated rings. The van der Waals surface area contributed by atoms with Crippen molar-refractivity contribution in [3.8, 4) is 5.75 Å². The van der Waals surface area contributed by atoms with Crippen LogP contribution in [-0.2, 0) is 0 Å². The number of nitrogens with one attached hydrogen (secondary N) is 1. The number of benzene rings is 1. The number of nitrogens with zero attached hydrogens (tertiary/aromatic N) is 1. The summed E-state index contributed by atoms with van der Waals surface area (Å²) in [5.41, 5.74) is 0.620. The predicted molar refractivity (Wildman–Crippen MR) is 107 cm³/mol. The van der Waals surface area contributed by atoms with E-state index in [2.05, 4.69) is 34.7 Å². The van der Waals surface area contributed by atoms with Crippen LogP contribution in [0.2, 0.25) is 0 Å². The van der Waals surface area contributed by atoms with Crippen LogP contribution in [0, 0.1) is 0 Å². The van der Waals surface area contributed by atoms with Crippen LogP contribution in [0.15, 0.2) is 41.8 Å². The molecule has 1 saturated heterocycles. The normalized spacial score (nSPS) is 15.7. The van der Waals surface area contributed by atoms with Crippen molar-refractivity contribution in [1.82, 2.24) is 10.2 Å². The van der Waals surface area contributed by atoms with Crippen LogP contribution in [-0.4, -0.2) is 37.0 Å². The molecule has 1 N–H and O–H groups in total. The van der Waals surface area contributed by atoms with Gasteiger partial charge in [0.25, 0.3) is 5.91 Å². The van der Waals surface area contributed by atoms with Gasteiger partial charge in [0.05, 0.1) is 18.2 Å². The Morgan fingerprint density at radius 3 is 2.77 bits per heavy atom. The van der Waals surface area contributed by atoms with E-state index in [9.17, 15) is 4.79 Å². The SMILES string of the molecule is CCCCOc1ccccc1C(=O)NC[C@@H](c1cccs1)N1CCCC1. The Bertz CT molecular complexity index is 681. The van der Waals surface area contributed by atoms with Crippen molar-refractivity contribution in [2.24, 2.45) is 0 Å². The number of amides is 1. The van der Waals surface area contributed by atoms with E-state index in [-0.39, 0.29) is 11.9 Å². The fourth-order valence-electron chi connectivity index (χ4n) is 3.33. The molecule has 0 aliphatic carbocycles. The minimum atomic E-state index is -0.0575. The molecule has 1 amide bonds. The van der Waals surface area contributed by atoms with Crippen LogP contribution in [0.3, 0.4) is 0 Å². The minimum absolute atomic E-state index is 0.0575. The fourth-order valence-corrected chi connectivity index (χ4v) is 4.20. The van der Waals surface area contributed by atoms with E-state index in [1.54, 1.807) is 11.3 Å². The van der Waals surface area contributed by atoms with Gasteiger partial charge in [-0.3, -0.25) is 9.69 Å². The summed E-state index contributed by atoms with van der Waals surface area (Å²) in [5, 5.41) is 5.25. The summed E-state index contributed by atoms with van der Waals surface area (Å²) in [7, 11) is 0. The number of likely N-dealkylation sites (tertiary alicyclic amines) is 1. The molecule has 1 aliphatic rings. The molecule has 26 heavy (non-hydrogen) atoms. The smallest absolute Gasteiger partial charge is 0.255 e. The highest BCUT2D eigenvalue weighted by Crippen LogP contribution is 2.28. The van der Waals surface area contributed by atoms with Gasteiger partial charge in [-0.05, 0) is 55.9 Å². The highest BCUT2D eigenvalue weighted by Gasteiger charge is 2.25. The summed E-state index contributed by atoms with van der Waals surface area (Å²) in [6, 6.07) is 12.0. The molecule has 140 valence electrons. The van der Waals surface area contributed by atoms with Crippen LogP contribution >= 0.6 is 11.3 Å². The van der Waals surface area contributed by atoms with Crippen LogP contribution in [0.1, 0.15) is 53.9 Å². The molecule has 0 unspecified atom stereocenters. The minimum Gasteiger partial charge on any atom is -0.493 e. The molecule has 2 heterocycles. The Morgan fingerprint density at radius 1 is 1.23 bits per heavy atom. The highest BCUT2D eigenvalue weighted by molar-refractivity contribution is 7.10. The van der Waals surface area contributed by atoms with Gasteiger partial charge >= 0.3 is 0 Å². The standard InChI is InChI=1S/C21H28N2O2S/c1-2-3-14-25-19-10-5-4-9-17(19)21(24)22-16-18(20-11-8-15-26-20)23-12-6-7-13-23/h4-5,8-11,15,18H,2-3,6-7,12-14,16H2,1H3,(H,22,24)/t18-/m0/s1. The lowest BCUT2D eigenvalue weighted by atomic mass is 10.1. The molecule has 0 bridgehead atoms. The first kappa shape index (κ1) is 18.9. The first-order valence-corrected chi connectivity index (χ1v) is 10.4. The Labute approximate surface area is 160 Å². The summed E-state index contributed by atoms with van der Waals surface area (Å²) in [6.07, 6.45) is 4.55. The van der Waals surface area contributed by atoms with Gasteiger partial charge in [-0.1, -0.05) is 31.5 Å². The van der Waals surface area contributed by atoms with Crippen molar-refractivity contribution >= 4 is 17.2 Å². The topological polar surface area (TPSA) is 41.6 Å². The molecule has 4 nitrogen and oxygen atoms in total. The number of hydrogen-bond acceptors (Lipinski definition) is 4. The summed E-state index contributed by atoms with van der Waals surface area (Å²) in [4.78, 5) is 16.6. The van der Waals surface area contributed by atoms with Gasteiger partial charge < -0.3 is 10.1 Å². The zero-order valence-corrected chi connectivity index (χ0v) is 16.3. The molecule has 1 aliphatic heterocycles. The van der Waals surface area contributed by atoms with Gasteiger partial charge in [0.1, 0.15) is 5.75 Å². The number of carbonyl (C=O) groups excluding carboxylic acids is 1. The lowest BCUT2D eigenvalue weighted by Crippen LogP contribution is -2.36. The number of unbranched alkanes of at least 4 members (excludes halogenated alkanes) is 1. The largest absolute Gasteiger partial charge is 0.493 e. The zero-order valence-electron chi connectivity index (χ0n) is 15.4. The molecule has 3 rings (SSSR count).